The van der Waals surface area contributed by atoms with E-state index in [0.717, 1.165) is 0 Å². The minimum atomic E-state index is -1.69. The summed E-state index contributed by atoms with van der Waals surface area (Å²) in [6.45, 7) is 1.08. The van der Waals surface area contributed by atoms with Crippen LogP contribution in [0.4, 0.5) is 4.79 Å². The molecule has 23 nitrogen and oxygen atoms in total. The number of amides is 6. The highest BCUT2D eigenvalue weighted by Crippen LogP contribution is 2.16. The smallest absolute Gasteiger partial charge is 0.326 e. The van der Waals surface area contributed by atoms with Gasteiger partial charge in [-0.05, 0) is 31.7 Å². The van der Waals surface area contributed by atoms with Crippen LogP contribution in [0.2, 0.25) is 0 Å². The Bertz CT molecular complexity index is 1680. The van der Waals surface area contributed by atoms with Crippen LogP contribution < -0.4 is 37.6 Å². The van der Waals surface area contributed by atoms with Crippen LogP contribution in [-0.2, 0) is 59.1 Å². The van der Waals surface area contributed by atoms with Gasteiger partial charge in [-0.2, -0.15) is 12.6 Å². The summed E-state index contributed by atoms with van der Waals surface area (Å²) in [6, 6.07) is 0.651. The predicted octanol–water partition coefficient (Wildman–Crippen LogP) is -2.11. The minimum absolute atomic E-state index is 0.0348. The number of rotatable bonds is 30. The highest BCUT2D eigenvalue weighted by molar-refractivity contribution is 7.80. The van der Waals surface area contributed by atoms with Crippen molar-refractivity contribution < 1.29 is 77.9 Å². The number of hydrogen-bond acceptors (Lipinski definition) is 14. The first-order chi connectivity index (χ1) is 28.2. The zero-order valence-corrected chi connectivity index (χ0v) is 33.4. The Kier molecular flexibility index (Phi) is 23.6. The number of carbonyl (C=O) groups is 11. The quantitative estimate of drug-likeness (QED) is 0.0224. The average molecular weight is 870 g/mol. The fourth-order valence-corrected chi connectivity index (χ4v) is 5.33. The fourth-order valence-electron chi connectivity index (χ4n) is 5.24. The van der Waals surface area contributed by atoms with Crippen LogP contribution in [0.1, 0.15) is 63.9 Å². The van der Waals surface area contributed by atoms with E-state index in [4.69, 9.17) is 10.8 Å². The number of nitrogens with two attached hydrogens (primary N) is 1. The van der Waals surface area contributed by atoms with Gasteiger partial charge >= 0.3 is 29.9 Å². The van der Waals surface area contributed by atoms with E-state index in [1.165, 1.54) is 0 Å². The van der Waals surface area contributed by atoms with E-state index in [1.807, 2.05) is 5.32 Å². The Hall–Kier alpha value is -6.30. The summed E-state index contributed by atoms with van der Waals surface area (Å²) in [4.78, 5) is 133. The van der Waals surface area contributed by atoms with E-state index in [2.05, 4.69) is 43.9 Å². The van der Waals surface area contributed by atoms with Crippen LogP contribution in [0.3, 0.4) is 0 Å². The molecule has 0 aliphatic rings. The van der Waals surface area contributed by atoms with Gasteiger partial charge in [-0.25, -0.2) is 14.4 Å². The Balaban J connectivity index is 2.88. The molecule has 60 heavy (non-hydrogen) atoms. The number of carboxylic acid groups (broad SMARTS) is 4. The van der Waals surface area contributed by atoms with E-state index < -0.39 is 153 Å². The Morgan fingerprint density at radius 2 is 1.33 bits per heavy atom. The number of carbonyl (C=O) groups excluding carboxylic acids is 7. The van der Waals surface area contributed by atoms with Gasteiger partial charge in [-0.3, -0.25) is 38.4 Å². The molecule has 0 saturated carbocycles. The van der Waals surface area contributed by atoms with Crippen molar-refractivity contribution >= 4 is 78.4 Å². The largest absolute Gasteiger partial charge is 0.481 e. The summed E-state index contributed by atoms with van der Waals surface area (Å²) in [6.07, 6.45) is -5.38. The SMILES string of the molecule is C[C@H](CS)NC(=O)[C@H](CC(=O)O)NC(=O)[C@@H](N)CNC(=O)[C@@H](CC(=O)CC[C@H](NC(=O)CC[C@H](NC(=O)N[C@@H](CCC(=O)O)OC=O)C(=O)O)C(=O)O)Cc1ccccc1. The average Bonchev–Trinajstić information content (AvgIpc) is 3.18. The zero-order chi connectivity index (χ0) is 45.4. The number of aliphatic carboxylic acids is 4. The molecular weight excluding hydrogens is 818 g/mol. The molecular formula is C36H51N7O16S. The van der Waals surface area contributed by atoms with Crippen molar-refractivity contribution in [1.29, 1.82) is 0 Å². The number of ether oxygens (including phenoxy) is 1. The monoisotopic (exact) mass is 869 g/mol. The lowest BCUT2D eigenvalue weighted by molar-refractivity contribution is -0.143. The number of thiol groups is 1. The van der Waals surface area contributed by atoms with Crippen molar-refractivity contribution in [2.45, 2.75) is 101 Å². The predicted molar refractivity (Wildman–Crippen MR) is 209 cm³/mol. The number of carboxylic acids is 4. The molecule has 0 bridgehead atoms. The second-order valence-electron chi connectivity index (χ2n) is 13.4. The van der Waals surface area contributed by atoms with Crippen LogP contribution in [0.15, 0.2) is 30.3 Å². The maximum absolute atomic E-state index is 13.3. The third kappa shape index (κ3) is 21.5. The molecule has 0 aromatic heterocycles. The number of nitrogens with one attached hydrogen (secondary N) is 6. The van der Waals surface area contributed by atoms with Crippen LogP contribution >= 0.6 is 12.6 Å². The normalized spacial score (nSPS) is 14.2. The molecule has 0 aliphatic carbocycles. The van der Waals surface area contributed by atoms with Gasteiger partial charge in [0.15, 0.2) is 6.23 Å². The number of urea groups is 1. The molecule has 6 amide bonds. The molecule has 0 saturated heterocycles. The molecule has 0 radical (unpaired) electrons. The molecule has 24 heteroatoms. The zero-order valence-electron chi connectivity index (χ0n) is 32.5. The van der Waals surface area contributed by atoms with Gasteiger partial charge in [0.2, 0.25) is 23.6 Å². The maximum atomic E-state index is 13.3. The molecule has 0 spiro atoms. The number of hydrogen-bond donors (Lipinski definition) is 12. The summed E-state index contributed by atoms with van der Waals surface area (Å²) in [5.41, 5.74) is 6.59. The highest BCUT2D eigenvalue weighted by atomic mass is 32.1. The number of ketones is 1. The van der Waals surface area contributed by atoms with Crippen molar-refractivity contribution in [3.05, 3.63) is 35.9 Å². The van der Waals surface area contributed by atoms with Crippen molar-refractivity contribution in [2.75, 3.05) is 12.3 Å². The third-order valence-electron chi connectivity index (χ3n) is 8.42. The van der Waals surface area contributed by atoms with Crippen molar-refractivity contribution in [3.8, 4) is 0 Å². The van der Waals surface area contributed by atoms with E-state index in [-0.39, 0.29) is 25.1 Å². The van der Waals surface area contributed by atoms with E-state index >= 15 is 0 Å². The lowest BCUT2D eigenvalue weighted by Crippen LogP contribution is -2.56. The molecule has 332 valence electrons. The molecule has 7 atom stereocenters. The molecule has 0 aliphatic heterocycles. The topological polar surface area (TPSA) is 376 Å². The molecule has 1 rings (SSSR count). The van der Waals surface area contributed by atoms with Gasteiger partial charge in [-0.1, -0.05) is 30.3 Å². The summed E-state index contributed by atoms with van der Waals surface area (Å²) in [5, 5.41) is 50.7. The first-order valence-electron chi connectivity index (χ1n) is 18.4. The van der Waals surface area contributed by atoms with Crippen molar-refractivity contribution in [3.63, 3.8) is 0 Å². The van der Waals surface area contributed by atoms with Crippen LogP contribution in [0.5, 0.6) is 0 Å². The summed E-state index contributed by atoms with van der Waals surface area (Å²) >= 11 is 4.05. The third-order valence-corrected chi connectivity index (χ3v) is 8.97. The standard InChI is InChI=1S/C36H51N7O16S/c1-19(17-60)39-33(53)26(15-30(49)50)41-32(52)23(37)16-38-31(51)21(13-20-5-3-2-4-6-20)14-22(45)7-8-24(34(54)55)40-27(46)10-9-25(35(56)57)42-36(58)43-28(59-18-44)11-12-29(47)48/h2-6,18-19,21,23-26,28,60H,7-17,37H2,1H3,(H,38,51)(H,39,53)(H,40,46)(H,41,52)(H,47,48)(H,49,50)(H,54,55)(H,56,57)(H2,42,43,58)/t19-,21-,23+,24+,25+,26+,28-/m1/s1. The highest BCUT2D eigenvalue weighted by Gasteiger charge is 2.30. The van der Waals surface area contributed by atoms with Gasteiger partial charge in [0.25, 0.3) is 6.47 Å². The van der Waals surface area contributed by atoms with E-state index in [9.17, 15) is 68.1 Å². The molecule has 1 aromatic rings. The molecule has 12 N–H and O–H groups in total. The Morgan fingerprint density at radius 1 is 0.717 bits per heavy atom. The van der Waals surface area contributed by atoms with Crippen LogP contribution in [0.25, 0.3) is 0 Å². The van der Waals surface area contributed by atoms with Gasteiger partial charge in [0.05, 0.1) is 12.8 Å². The van der Waals surface area contributed by atoms with Crippen LogP contribution in [0, 0.1) is 5.92 Å². The first-order valence-corrected chi connectivity index (χ1v) is 19.0. The van der Waals surface area contributed by atoms with Crippen molar-refractivity contribution in [2.24, 2.45) is 11.7 Å². The Morgan fingerprint density at radius 3 is 1.90 bits per heavy atom. The first kappa shape index (κ1) is 51.7. The summed E-state index contributed by atoms with van der Waals surface area (Å²) < 4.78 is 4.56. The fraction of sp³-hybridized carbons (Fsp3) is 0.528. The lowest BCUT2D eigenvalue weighted by Gasteiger charge is -2.22. The van der Waals surface area contributed by atoms with Gasteiger partial charge < -0.3 is 62.8 Å². The van der Waals surface area contributed by atoms with Crippen LogP contribution in [-0.4, -0.2) is 135 Å². The lowest BCUT2D eigenvalue weighted by atomic mass is 9.91. The van der Waals surface area contributed by atoms with Crippen molar-refractivity contribution in [1.82, 2.24) is 31.9 Å². The number of Topliss-reactive ketones (excluding diaryl/α,β-unsaturated/α-hetero) is 1. The molecule has 0 unspecified atom stereocenters. The second-order valence-corrected chi connectivity index (χ2v) is 13.8. The summed E-state index contributed by atoms with van der Waals surface area (Å²) in [7, 11) is 0. The minimum Gasteiger partial charge on any atom is -0.481 e. The second kappa shape index (κ2) is 27.4. The van der Waals surface area contributed by atoms with E-state index in [1.54, 1.807) is 37.3 Å². The number of benzene rings is 1. The summed E-state index contributed by atoms with van der Waals surface area (Å²) in [5.74, 6) is -10.5. The molecule has 0 fully saturated rings. The Labute approximate surface area is 348 Å². The van der Waals surface area contributed by atoms with Gasteiger partial charge in [0, 0.05) is 49.9 Å². The molecule has 1 aromatic carbocycles. The van der Waals surface area contributed by atoms with Gasteiger partial charge in [0.1, 0.15) is 30.0 Å². The molecule has 0 heterocycles. The van der Waals surface area contributed by atoms with Gasteiger partial charge in [-0.15, -0.1) is 0 Å². The van der Waals surface area contributed by atoms with E-state index in [0.29, 0.717) is 5.56 Å². The maximum Gasteiger partial charge on any atom is 0.326 e.